The van der Waals surface area contributed by atoms with E-state index >= 15 is 0 Å². The molecule has 0 spiro atoms. The van der Waals surface area contributed by atoms with Crippen LogP contribution in [-0.4, -0.2) is 21.7 Å². The number of hydrogen-bond donors (Lipinski definition) is 1. The number of benzene rings is 10. The molecule has 14 aromatic rings. The van der Waals surface area contributed by atoms with E-state index in [1.54, 1.807) is 0 Å². The lowest BCUT2D eigenvalue weighted by atomic mass is 9.96. The minimum absolute atomic E-state index is 0.459. The van der Waals surface area contributed by atoms with Crippen LogP contribution in [0.5, 0.6) is 0 Å². The summed E-state index contributed by atoms with van der Waals surface area (Å²) in [5, 5.41) is 9.23. The molecule has 0 fully saturated rings. The van der Waals surface area contributed by atoms with Crippen LogP contribution in [0, 0.1) is 0 Å². The summed E-state index contributed by atoms with van der Waals surface area (Å²) in [4.78, 5) is 8.93. The van der Waals surface area contributed by atoms with Gasteiger partial charge in [0.1, 0.15) is 22.3 Å². The molecule has 0 unspecified atom stereocenters. The standard InChI is InChI=1S/C37H24N2O2.C27H21N3/c38-21-23-8-5-15-32-35(23)27-20-22(18-19-31(27)40-32)24-11-6-16-33-36(24)37-30(14-7-17-34(37)41-33)39-28-12-3-1-9-25(28)26-10-2-4-13-29(26)39;1-28-27(29-19-20-10-4-2-5-11-20)21-16-17-26-24(18-21)23-14-8-9-15-25(23)30(26)22-12-6-3-7-13-22/h1-20H,21,38H2;2-18H,1,19H2. The first-order valence-electron chi connectivity index (χ1n) is 23.9. The first-order chi connectivity index (χ1) is 35.1. The van der Waals surface area contributed by atoms with E-state index in [-0.39, 0.29) is 0 Å². The van der Waals surface area contributed by atoms with Crippen LogP contribution in [-0.2, 0) is 13.1 Å². The van der Waals surface area contributed by atoms with Gasteiger partial charge >= 0.3 is 0 Å². The molecule has 71 heavy (non-hydrogen) atoms. The van der Waals surface area contributed by atoms with Gasteiger partial charge in [0.05, 0.1) is 39.7 Å². The van der Waals surface area contributed by atoms with Gasteiger partial charge in [-0.05, 0) is 114 Å². The number of aromatic nitrogens is 2. The number of hydrogen-bond acceptors (Lipinski definition) is 4. The lowest BCUT2D eigenvalue weighted by Crippen LogP contribution is -1.98. The van der Waals surface area contributed by atoms with Gasteiger partial charge in [-0.1, -0.05) is 140 Å². The fraction of sp³-hybridized carbons (Fsp3) is 0.0312. The van der Waals surface area contributed by atoms with Crippen molar-refractivity contribution in [3.05, 3.63) is 241 Å². The fourth-order valence-electron chi connectivity index (χ4n) is 10.6. The van der Waals surface area contributed by atoms with E-state index in [0.717, 1.165) is 88.6 Å². The predicted molar refractivity (Wildman–Crippen MR) is 296 cm³/mol. The zero-order chi connectivity index (χ0) is 47.4. The molecule has 0 saturated carbocycles. The number of para-hydroxylation sites is 4. The van der Waals surface area contributed by atoms with Crippen molar-refractivity contribution in [2.45, 2.75) is 13.1 Å². The van der Waals surface area contributed by atoms with E-state index in [1.807, 2.05) is 36.4 Å². The second-order valence-electron chi connectivity index (χ2n) is 17.8. The highest BCUT2D eigenvalue weighted by Gasteiger charge is 2.21. The maximum Gasteiger partial charge on any atom is 0.154 e. The highest BCUT2D eigenvalue weighted by atomic mass is 16.3. The zero-order valence-electron chi connectivity index (χ0n) is 38.7. The Balaban J connectivity index is 0.000000146. The number of amidine groups is 1. The fourth-order valence-corrected chi connectivity index (χ4v) is 10.6. The molecule has 4 heterocycles. The molecule has 4 aromatic heterocycles. The molecule has 0 aliphatic rings. The minimum atomic E-state index is 0.459. The van der Waals surface area contributed by atoms with Gasteiger partial charge in [-0.2, -0.15) is 0 Å². The van der Waals surface area contributed by atoms with E-state index < -0.39 is 0 Å². The predicted octanol–water partition coefficient (Wildman–Crippen LogP) is 16.1. The minimum Gasteiger partial charge on any atom is -0.456 e. The third-order valence-electron chi connectivity index (χ3n) is 13.8. The zero-order valence-corrected chi connectivity index (χ0v) is 38.7. The maximum atomic E-state index is 6.51. The highest BCUT2D eigenvalue weighted by molar-refractivity contribution is 6.19. The van der Waals surface area contributed by atoms with Crippen LogP contribution in [0.1, 0.15) is 16.7 Å². The number of furan rings is 2. The molecule has 0 atom stereocenters. The monoisotopic (exact) mass is 915 g/mol. The van der Waals surface area contributed by atoms with Gasteiger partial charge in [0.15, 0.2) is 5.84 Å². The van der Waals surface area contributed by atoms with Crippen LogP contribution in [0.25, 0.3) is 110 Å². The van der Waals surface area contributed by atoms with Gasteiger partial charge in [-0.25, -0.2) is 4.99 Å². The summed E-state index contributed by atoms with van der Waals surface area (Å²) >= 11 is 0. The Labute approximate surface area is 408 Å². The van der Waals surface area contributed by atoms with Crippen LogP contribution in [0.15, 0.2) is 243 Å². The van der Waals surface area contributed by atoms with Crippen LogP contribution in [0.3, 0.4) is 0 Å². The summed E-state index contributed by atoms with van der Waals surface area (Å²) < 4.78 is 17.4. The van der Waals surface area contributed by atoms with E-state index in [9.17, 15) is 0 Å². The van der Waals surface area contributed by atoms with E-state index in [4.69, 9.17) is 19.6 Å². The first kappa shape index (κ1) is 41.9. The third-order valence-corrected chi connectivity index (χ3v) is 13.8. The van der Waals surface area contributed by atoms with Crippen molar-refractivity contribution in [3.8, 4) is 22.5 Å². The van der Waals surface area contributed by atoms with Crippen molar-refractivity contribution >= 4 is 100 Å². The number of nitrogens with two attached hydrogens (primary N) is 1. The second kappa shape index (κ2) is 17.3. The van der Waals surface area contributed by atoms with E-state index in [2.05, 4.69) is 209 Å². The second-order valence-corrected chi connectivity index (χ2v) is 17.8. The van der Waals surface area contributed by atoms with Crippen molar-refractivity contribution in [2.75, 3.05) is 0 Å². The lowest BCUT2D eigenvalue weighted by molar-refractivity contribution is 0.668. The normalized spacial score (nSPS) is 12.0. The molecule has 0 saturated heterocycles. The molecule has 14 rings (SSSR count). The van der Waals surface area contributed by atoms with Gasteiger partial charge in [0.25, 0.3) is 0 Å². The van der Waals surface area contributed by atoms with E-state index in [1.165, 1.54) is 38.1 Å². The smallest absolute Gasteiger partial charge is 0.154 e. The first-order valence-corrected chi connectivity index (χ1v) is 23.9. The molecular formula is C64H45N5O2. The number of rotatable bonds is 7. The Morgan fingerprint density at radius 2 is 1.03 bits per heavy atom. The summed E-state index contributed by atoms with van der Waals surface area (Å²) in [6, 6.07) is 78.0. The van der Waals surface area contributed by atoms with Crippen molar-refractivity contribution < 1.29 is 8.83 Å². The Bertz CT molecular complexity index is 4330. The molecule has 0 amide bonds. The average Bonchev–Trinajstić information content (AvgIpc) is 4.19. The van der Waals surface area contributed by atoms with Crippen molar-refractivity contribution in [1.29, 1.82) is 0 Å². The number of fused-ring (bicyclic) bond motifs is 12. The van der Waals surface area contributed by atoms with Crippen LogP contribution in [0.2, 0.25) is 0 Å². The third kappa shape index (κ3) is 7.01. The lowest BCUT2D eigenvalue weighted by Gasteiger charge is -2.11. The Hall–Kier alpha value is -9.30. The molecule has 338 valence electrons. The van der Waals surface area contributed by atoms with Crippen molar-refractivity contribution in [2.24, 2.45) is 15.7 Å². The SMILES string of the molecule is C=NC(=NCc1ccccc1)c1ccc2c(c1)c1ccccc1n2-c1ccccc1.NCc1cccc2oc3ccc(-c4cccc5oc6cccc(-n7c8ccccc8c8ccccc87)c6c45)cc3c12. The molecule has 2 N–H and O–H groups in total. The Morgan fingerprint density at radius 3 is 1.73 bits per heavy atom. The Morgan fingerprint density at radius 1 is 0.451 bits per heavy atom. The molecular weight excluding hydrogens is 871 g/mol. The van der Waals surface area contributed by atoms with Gasteiger partial charge in [0, 0.05) is 55.5 Å². The van der Waals surface area contributed by atoms with Gasteiger partial charge in [-0.3, -0.25) is 4.99 Å². The summed E-state index contributed by atoms with van der Waals surface area (Å²) in [6.45, 7) is 4.80. The highest BCUT2D eigenvalue weighted by Crippen LogP contribution is 2.43. The van der Waals surface area contributed by atoms with Gasteiger partial charge in [-0.15, -0.1) is 0 Å². The molecule has 0 aliphatic heterocycles. The topological polar surface area (TPSA) is 86.9 Å². The van der Waals surface area contributed by atoms with Crippen LogP contribution in [0.4, 0.5) is 0 Å². The molecule has 0 aliphatic carbocycles. The summed E-state index contributed by atoms with van der Waals surface area (Å²) in [5.41, 5.74) is 22.0. The van der Waals surface area contributed by atoms with Crippen molar-refractivity contribution in [1.82, 2.24) is 9.13 Å². The van der Waals surface area contributed by atoms with Gasteiger partial charge in [0.2, 0.25) is 0 Å². The molecule has 7 nitrogen and oxygen atoms in total. The summed E-state index contributed by atoms with van der Waals surface area (Å²) in [5.74, 6) is 0.664. The summed E-state index contributed by atoms with van der Waals surface area (Å²) in [6.07, 6.45) is 0. The molecule has 7 heteroatoms. The Kier molecular flexibility index (Phi) is 10.2. The number of nitrogens with zero attached hydrogens (tertiary/aromatic N) is 4. The number of aliphatic imine (C=N–C) groups is 2. The van der Waals surface area contributed by atoms with E-state index in [0.29, 0.717) is 18.9 Å². The maximum absolute atomic E-state index is 6.51. The van der Waals surface area contributed by atoms with Crippen LogP contribution < -0.4 is 5.73 Å². The van der Waals surface area contributed by atoms with Gasteiger partial charge < -0.3 is 23.7 Å². The quantitative estimate of drug-likeness (QED) is 0.128. The largest absolute Gasteiger partial charge is 0.456 e. The van der Waals surface area contributed by atoms with Crippen LogP contribution >= 0.6 is 0 Å². The summed E-state index contributed by atoms with van der Waals surface area (Å²) in [7, 11) is 0. The molecule has 10 aromatic carbocycles. The molecule has 0 radical (unpaired) electrons. The van der Waals surface area contributed by atoms with Crippen molar-refractivity contribution in [3.63, 3.8) is 0 Å². The molecule has 0 bridgehead atoms. The average molecular weight is 916 g/mol.